The lowest BCUT2D eigenvalue weighted by atomic mass is 9.97. The van der Waals surface area contributed by atoms with Crippen LogP contribution in [-0.2, 0) is 4.74 Å². The molecule has 0 aliphatic carbocycles. The van der Waals surface area contributed by atoms with E-state index in [1.165, 1.54) is 57.4 Å². The molecule has 6 nitrogen and oxygen atoms in total. The summed E-state index contributed by atoms with van der Waals surface area (Å²) in [5.41, 5.74) is 1.38. The quantitative estimate of drug-likeness (QED) is 0.270. The molecule has 1 aromatic carbocycles. The molecule has 31 heavy (non-hydrogen) atoms. The van der Waals surface area contributed by atoms with Crippen LogP contribution in [0.3, 0.4) is 0 Å². The monoisotopic (exact) mass is 543 g/mol. The Labute approximate surface area is 206 Å². The molecule has 3 rings (SSSR count). The number of piperidine rings is 1. The number of ether oxygens (including phenoxy) is 1. The molecule has 176 valence electrons. The summed E-state index contributed by atoms with van der Waals surface area (Å²) in [5, 5.41) is 7.07. The fraction of sp³-hybridized carbons (Fsp3) is 0.708. The number of guanidine groups is 1. The molecule has 2 aliphatic heterocycles. The predicted molar refractivity (Wildman–Crippen MR) is 140 cm³/mol. The normalized spacial score (nSPS) is 19.7. The summed E-state index contributed by atoms with van der Waals surface area (Å²) in [4.78, 5) is 10.1. The number of nitrogens with one attached hydrogen (secondary N) is 2. The zero-order valence-corrected chi connectivity index (χ0v) is 21.7. The molecule has 1 unspecified atom stereocenters. The summed E-state index contributed by atoms with van der Waals surface area (Å²) in [6.07, 6.45) is 5.09. The van der Waals surface area contributed by atoms with Crippen LogP contribution < -0.4 is 10.6 Å². The smallest absolute Gasteiger partial charge is 0.191 e. The van der Waals surface area contributed by atoms with Crippen LogP contribution >= 0.6 is 24.0 Å². The van der Waals surface area contributed by atoms with Crippen molar-refractivity contribution in [2.45, 2.75) is 38.6 Å². The molecular weight excluding hydrogens is 501 g/mol. The van der Waals surface area contributed by atoms with Crippen LogP contribution in [-0.4, -0.2) is 81.8 Å². The molecule has 0 saturated carbocycles. The summed E-state index contributed by atoms with van der Waals surface area (Å²) in [6, 6.07) is 11.2. The van der Waals surface area contributed by atoms with E-state index in [1.54, 1.807) is 7.11 Å². The molecule has 2 heterocycles. The highest BCUT2D eigenvalue weighted by Gasteiger charge is 2.23. The highest BCUT2D eigenvalue weighted by atomic mass is 127. The topological polar surface area (TPSA) is 52.1 Å². The molecule has 7 heteroatoms. The zero-order valence-electron chi connectivity index (χ0n) is 19.4. The van der Waals surface area contributed by atoms with Gasteiger partial charge in [-0.05, 0) is 70.3 Å². The number of rotatable bonds is 10. The van der Waals surface area contributed by atoms with E-state index in [1.807, 2.05) is 0 Å². The van der Waals surface area contributed by atoms with Gasteiger partial charge in [0.05, 0.1) is 19.2 Å². The Morgan fingerprint density at radius 2 is 1.81 bits per heavy atom. The van der Waals surface area contributed by atoms with Crippen molar-refractivity contribution in [1.82, 2.24) is 20.4 Å². The first-order chi connectivity index (χ1) is 14.8. The van der Waals surface area contributed by atoms with Gasteiger partial charge in [0.25, 0.3) is 0 Å². The standard InChI is InChI=1S/C24H41N5O.HI/c1-3-25-24(26-19-21-11-15-28(16-12-21)17-18-30-2)27-20-23(29-13-7-8-14-29)22-9-5-4-6-10-22;/h4-6,9-10,21,23H,3,7-8,11-20H2,1-2H3,(H2,25,26,27);1H. The summed E-state index contributed by atoms with van der Waals surface area (Å²) in [5.74, 6) is 1.68. The van der Waals surface area contributed by atoms with Gasteiger partial charge in [0.15, 0.2) is 5.96 Å². The van der Waals surface area contributed by atoms with E-state index in [9.17, 15) is 0 Å². The van der Waals surface area contributed by atoms with Crippen LogP contribution in [0.5, 0.6) is 0 Å². The third-order valence-electron chi connectivity index (χ3n) is 6.41. The van der Waals surface area contributed by atoms with Crippen LogP contribution in [0.25, 0.3) is 0 Å². The second kappa shape index (κ2) is 15.0. The molecule has 0 spiro atoms. The van der Waals surface area contributed by atoms with Crippen molar-refractivity contribution in [1.29, 1.82) is 0 Å². The third-order valence-corrected chi connectivity index (χ3v) is 6.41. The Morgan fingerprint density at radius 3 is 2.45 bits per heavy atom. The van der Waals surface area contributed by atoms with Crippen molar-refractivity contribution in [3.8, 4) is 0 Å². The largest absolute Gasteiger partial charge is 0.383 e. The van der Waals surface area contributed by atoms with Crippen molar-refractivity contribution in [3.05, 3.63) is 35.9 Å². The van der Waals surface area contributed by atoms with Crippen LogP contribution in [0, 0.1) is 5.92 Å². The second-order valence-corrected chi connectivity index (χ2v) is 8.55. The van der Waals surface area contributed by atoms with Crippen molar-refractivity contribution in [3.63, 3.8) is 0 Å². The van der Waals surface area contributed by atoms with Gasteiger partial charge in [0.2, 0.25) is 0 Å². The van der Waals surface area contributed by atoms with E-state index in [0.717, 1.165) is 44.7 Å². The van der Waals surface area contributed by atoms with Crippen molar-refractivity contribution >= 4 is 29.9 Å². The number of aliphatic imine (C=N–C) groups is 1. The fourth-order valence-corrected chi connectivity index (χ4v) is 4.56. The number of hydrogen-bond acceptors (Lipinski definition) is 4. The maximum absolute atomic E-state index is 5.21. The van der Waals surface area contributed by atoms with Gasteiger partial charge in [0, 0.05) is 26.7 Å². The van der Waals surface area contributed by atoms with Crippen molar-refractivity contribution in [2.75, 3.05) is 66.1 Å². The predicted octanol–water partition coefficient (Wildman–Crippen LogP) is 3.36. The minimum absolute atomic E-state index is 0. The Hall–Kier alpha value is -0.900. The summed E-state index contributed by atoms with van der Waals surface area (Å²) in [6.45, 7) is 11.4. The highest BCUT2D eigenvalue weighted by Crippen LogP contribution is 2.25. The number of hydrogen-bond donors (Lipinski definition) is 2. The van der Waals surface area contributed by atoms with E-state index < -0.39 is 0 Å². The van der Waals surface area contributed by atoms with Gasteiger partial charge in [-0.2, -0.15) is 0 Å². The lowest BCUT2D eigenvalue weighted by Crippen LogP contribution is -2.43. The molecule has 1 aromatic rings. The minimum Gasteiger partial charge on any atom is -0.383 e. The van der Waals surface area contributed by atoms with Gasteiger partial charge in [-0.1, -0.05) is 30.3 Å². The number of likely N-dealkylation sites (tertiary alicyclic amines) is 2. The fourth-order valence-electron chi connectivity index (χ4n) is 4.56. The van der Waals surface area contributed by atoms with Crippen LogP contribution in [0.1, 0.15) is 44.2 Å². The maximum atomic E-state index is 5.21. The number of nitrogens with zero attached hydrogens (tertiary/aromatic N) is 3. The number of benzene rings is 1. The molecule has 2 aliphatic rings. The molecule has 2 saturated heterocycles. The Bertz CT molecular complexity index is 616. The third kappa shape index (κ3) is 8.86. The lowest BCUT2D eigenvalue weighted by Gasteiger charge is -2.32. The molecule has 0 radical (unpaired) electrons. The molecule has 0 bridgehead atoms. The number of methoxy groups -OCH3 is 1. The van der Waals surface area contributed by atoms with Crippen LogP contribution in [0.15, 0.2) is 35.3 Å². The molecule has 0 aromatic heterocycles. The molecule has 2 N–H and O–H groups in total. The molecular formula is C24H42IN5O. The number of halogens is 1. The van der Waals surface area contributed by atoms with Gasteiger partial charge in [-0.25, -0.2) is 0 Å². The van der Waals surface area contributed by atoms with E-state index in [-0.39, 0.29) is 24.0 Å². The summed E-state index contributed by atoms with van der Waals surface area (Å²) in [7, 11) is 1.78. The highest BCUT2D eigenvalue weighted by molar-refractivity contribution is 14.0. The lowest BCUT2D eigenvalue weighted by molar-refractivity contribution is 0.121. The van der Waals surface area contributed by atoms with E-state index >= 15 is 0 Å². The van der Waals surface area contributed by atoms with Crippen LogP contribution in [0.2, 0.25) is 0 Å². The van der Waals surface area contributed by atoms with Gasteiger partial charge in [0.1, 0.15) is 0 Å². The maximum Gasteiger partial charge on any atom is 0.191 e. The first-order valence-corrected chi connectivity index (χ1v) is 11.8. The van der Waals surface area contributed by atoms with Gasteiger partial charge in [-0.15, -0.1) is 24.0 Å². The van der Waals surface area contributed by atoms with Crippen molar-refractivity contribution in [2.24, 2.45) is 10.9 Å². The first-order valence-electron chi connectivity index (χ1n) is 11.8. The molecule has 2 fully saturated rings. The first kappa shape index (κ1) is 26.4. The van der Waals surface area contributed by atoms with E-state index in [4.69, 9.17) is 9.73 Å². The second-order valence-electron chi connectivity index (χ2n) is 8.55. The van der Waals surface area contributed by atoms with Crippen LogP contribution in [0.4, 0.5) is 0 Å². The average molecular weight is 544 g/mol. The Morgan fingerprint density at radius 1 is 1.10 bits per heavy atom. The SMILES string of the molecule is CCNC(=NCC(c1ccccc1)N1CCCC1)NCC1CCN(CCOC)CC1.I. The van der Waals surface area contributed by atoms with E-state index in [0.29, 0.717) is 6.04 Å². The Kier molecular flexibility index (Phi) is 12.8. The average Bonchev–Trinajstić information content (AvgIpc) is 3.32. The minimum atomic E-state index is 0. The zero-order chi connectivity index (χ0) is 21.0. The molecule has 0 amide bonds. The van der Waals surface area contributed by atoms with Gasteiger partial charge in [-0.3, -0.25) is 9.89 Å². The van der Waals surface area contributed by atoms with E-state index in [2.05, 4.69) is 57.7 Å². The summed E-state index contributed by atoms with van der Waals surface area (Å²) >= 11 is 0. The van der Waals surface area contributed by atoms with Gasteiger partial charge < -0.3 is 20.3 Å². The molecule has 1 atom stereocenters. The van der Waals surface area contributed by atoms with Gasteiger partial charge >= 0.3 is 0 Å². The summed E-state index contributed by atoms with van der Waals surface area (Å²) < 4.78 is 5.21. The van der Waals surface area contributed by atoms with Crippen molar-refractivity contribution < 1.29 is 4.74 Å². The Balaban J connectivity index is 0.00000341.